The van der Waals surface area contributed by atoms with Crippen LogP contribution < -0.4 is 4.68 Å². The molecule has 0 saturated heterocycles. The van der Waals surface area contributed by atoms with Crippen molar-refractivity contribution in [2.24, 2.45) is 15.3 Å². The lowest BCUT2D eigenvalue weighted by Gasteiger charge is -2.71. The average Bonchev–Trinajstić information content (AvgIpc) is 2.19. The van der Waals surface area contributed by atoms with Crippen LogP contribution >= 0.6 is 0 Å². The number of ether oxygens (including phenoxy) is 4. The number of H-pyrrole nitrogens is 1. The van der Waals surface area contributed by atoms with Crippen molar-refractivity contribution in [3.8, 4) is 45.0 Å². The van der Waals surface area contributed by atoms with Crippen LogP contribution in [0.15, 0.2) is 137 Å². The van der Waals surface area contributed by atoms with Gasteiger partial charge in [0.25, 0.3) is 0 Å². The molecule has 4 fully saturated rings. The van der Waals surface area contributed by atoms with E-state index in [4.69, 9.17) is 40.6 Å². The molecule has 1 N–H and O–H groups in total. The highest BCUT2D eigenvalue weighted by Gasteiger charge is 2.69. The van der Waals surface area contributed by atoms with Gasteiger partial charge in [0.15, 0.2) is 6.20 Å². The first-order valence-electron chi connectivity index (χ1n) is 28.7. The summed E-state index contributed by atoms with van der Waals surface area (Å²) in [5.74, 6) is 0. The van der Waals surface area contributed by atoms with Crippen LogP contribution in [-0.2, 0) is 66.8 Å². The summed E-state index contributed by atoms with van der Waals surface area (Å²) in [7, 11) is 0. The maximum Gasteiger partial charge on any atom is 0.248 e. The molecular formula is C59H68N21O4+. The highest BCUT2D eigenvalue weighted by Crippen LogP contribution is 2.75. The van der Waals surface area contributed by atoms with Gasteiger partial charge in [0.2, 0.25) is 5.69 Å². The Morgan fingerprint density at radius 3 is 1.11 bits per heavy atom. The predicted molar refractivity (Wildman–Crippen MR) is 311 cm³/mol. The number of nitrogens with one attached hydrogen (secondary N) is 1. The summed E-state index contributed by atoms with van der Waals surface area (Å²) in [4.78, 5) is 8.39. The van der Waals surface area contributed by atoms with Crippen molar-refractivity contribution < 1.29 is 23.6 Å². The standard InChI is InChI=1S/C59H67N21O4/c1-2-26-81-30-22-77-34-52(66-73-77)44-3-11-48(12-4-44)56-38-57(49-13-5-45(6-14-49)53-35-78(74-67-53)23-31-82-27-19-63-70-60)41-58(39-56,50-15-7-46(8-16-50)54-36-79(75-68-54)24-32-83-28-20-64-71-61)43-59(40-56,42-57)51-17-9-47(10-18-51)55-37-80(76-69-55)25-33-84-29-21-65-72-62/h3-18,34-37H,2,19-33,38-43H2,1H3/p+1. The van der Waals surface area contributed by atoms with Crippen LogP contribution in [-0.4, -0.2) is 128 Å². The monoisotopic (exact) mass is 1130 g/mol. The van der Waals surface area contributed by atoms with E-state index in [0.29, 0.717) is 72.4 Å². The number of aromatic nitrogens is 12. The minimum absolute atomic E-state index is 0.230. The third kappa shape index (κ3) is 12.7. The molecule has 4 aromatic carbocycles. The maximum atomic E-state index is 8.61. The van der Waals surface area contributed by atoms with Gasteiger partial charge in [0.1, 0.15) is 23.6 Å². The SMILES string of the molecule is CCCOCCn1cc(-c2ccc(C34CC5(c6ccc(-c7cn(CCOCCN=[N+]=[N-])nn7)cc6)CC(c6ccc(-c7cn(CCOCCN=[N+]=[N-])nn7)cc6)(C3)CC(c3ccc(-c6c[n+](CCOCCN=[N+]=[N-])[nH]n6)cc3)(C4)C5)cc2)nn1. The Kier molecular flexibility index (Phi) is 17.8. The molecule has 2 atom stereocenters. The van der Waals surface area contributed by atoms with Crippen molar-refractivity contribution in [2.45, 2.75) is 99.7 Å². The summed E-state index contributed by atoms with van der Waals surface area (Å²) >= 11 is 0. The molecule has 0 amide bonds. The molecule has 432 valence electrons. The predicted octanol–water partition coefficient (Wildman–Crippen LogP) is 9.98. The third-order valence-corrected chi connectivity index (χ3v) is 16.8. The van der Waals surface area contributed by atoms with Gasteiger partial charge < -0.3 is 18.9 Å². The number of hydrogen-bond donors (Lipinski definition) is 1. The Hall–Kier alpha value is -8.79. The second-order valence-corrected chi connectivity index (χ2v) is 22.3. The molecular weight excluding hydrogens is 1070 g/mol. The molecule has 4 heterocycles. The Balaban J connectivity index is 0.950. The molecule has 8 aromatic rings. The fourth-order valence-corrected chi connectivity index (χ4v) is 13.7. The zero-order valence-electron chi connectivity index (χ0n) is 47.2. The first-order valence-corrected chi connectivity index (χ1v) is 28.7. The number of azide groups is 3. The van der Waals surface area contributed by atoms with Crippen molar-refractivity contribution in [1.82, 2.24) is 55.3 Å². The average molecular weight is 1140 g/mol. The van der Waals surface area contributed by atoms with Gasteiger partial charge in [-0.3, -0.25) is 0 Å². The van der Waals surface area contributed by atoms with Crippen molar-refractivity contribution in [2.75, 3.05) is 72.5 Å². The largest absolute Gasteiger partial charge is 0.380 e. The highest BCUT2D eigenvalue weighted by molar-refractivity contribution is 5.63. The number of hydrogen-bond acceptors (Lipinski definition) is 14. The summed E-state index contributed by atoms with van der Waals surface area (Å²) in [5, 5.41) is 45.5. The molecule has 0 spiro atoms. The van der Waals surface area contributed by atoms with E-state index in [1.54, 1.807) is 9.36 Å². The topological polar surface area (TPSA) is 308 Å². The zero-order valence-corrected chi connectivity index (χ0v) is 47.2. The van der Waals surface area contributed by atoms with Crippen LogP contribution in [0.2, 0.25) is 0 Å². The van der Waals surface area contributed by atoms with E-state index in [0.717, 1.165) is 96.6 Å². The number of aromatic amines is 1. The number of benzene rings is 4. The smallest absolute Gasteiger partial charge is 0.248 e. The molecule has 0 aliphatic heterocycles. The van der Waals surface area contributed by atoms with Crippen LogP contribution in [0.4, 0.5) is 0 Å². The normalized spacial score (nSPS) is 20.3. The van der Waals surface area contributed by atoms with E-state index < -0.39 is 0 Å². The first kappa shape index (κ1) is 57.0. The van der Waals surface area contributed by atoms with Crippen molar-refractivity contribution in [1.29, 1.82) is 0 Å². The summed E-state index contributed by atoms with van der Waals surface area (Å²) in [6, 6.07) is 36.5. The Bertz CT molecular complexity index is 3300. The number of rotatable bonds is 31. The van der Waals surface area contributed by atoms with Crippen LogP contribution in [0.1, 0.15) is 74.1 Å². The number of nitrogens with zero attached hydrogens (tertiary/aromatic N) is 20. The second kappa shape index (κ2) is 26.2. The van der Waals surface area contributed by atoms with Crippen LogP contribution in [0.25, 0.3) is 76.4 Å². The molecule has 4 bridgehead atoms. The molecule has 4 aliphatic rings. The summed E-state index contributed by atoms with van der Waals surface area (Å²) < 4.78 is 30.1. The van der Waals surface area contributed by atoms with Crippen LogP contribution in [0.3, 0.4) is 0 Å². The summed E-state index contributed by atoms with van der Waals surface area (Å²) in [6.45, 7) is 8.85. The van der Waals surface area contributed by atoms with Gasteiger partial charge in [-0.2, -0.15) is 4.68 Å². The fourth-order valence-electron chi connectivity index (χ4n) is 13.7. The van der Waals surface area contributed by atoms with E-state index in [9.17, 15) is 0 Å². The highest BCUT2D eigenvalue weighted by atomic mass is 16.5. The lowest BCUT2D eigenvalue weighted by Crippen LogP contribution is -2.67. The second-order valence-electron chi connectivity index (χ2n) is 22.3. The van der Waals surface area contributed by atoms with Crippen molar-refractivity contribution >= 4 is 0 Å². The quantitative estimate of drug-likeness (QED) is 0.0140. The first-order chi connectivity index (χ1) is 41.3. The minimum Gasteiger partial charge on any atom is -0.380 e. The van der Waals surface area contributed by atoms with Gasteiger partial charge in [-0.05, 0) is 105 Å². The fraction of sp³-hybridized carbons (Fsp3) is 0.458. The van der Waals surface area contributed by atoms with Gasteiger partial charge in [-0.25, -0.2) is 14.0 Å². The third-order valence-electron chi connectivity index (χ3n) is 16.8. The lowest BCUT2D eigenvalue weighted by molar-refractivity contribution is -0.754. The van der Waals surface area contributed by atoms with E-state index in [-0.39, 0.29) is 41.3 Å². The molecule has 4 aromatic heterocycles. The lowest BCUT2D eigenvalue weighted by atomic mass is 9.32. The summed E-state index contributed by atoms with van der Waals surface area (Å²) in [6.07, 6.45) is 14.7. The maximum absolute atomic E-state index is 8.61. The van der Waals surface area contributed by atoms with Crippen molar-refractivity contribution in [3.63, 3.8) is 0 Å². The van der Waals surface area contributed by atoms with Gasteiger partial charge in [-0.1, -0.05) is 140 Å². The van der Waals surface area contributed by atoms with Crippen molar-refractivity contribution in [3.05, 3.63) is 175 Å². The molecule has 12 rings (SSSR count). The van der Waals surface area contributed by atoms with Gasteiger partial charge in [-0.15, -0.1) is 15.3 Å². The van der Waals surface area contributed by atoms with E-state index in [1.807, 2.05) is 34.2 Å². The van der Waals surface area contributed by atoms with Crippen LogP contribution in [0.5, 0.6) is 0 Å². The molecule has 4 saturated carbocycles. The molecule has 84 heavy (non-hydrogen) atoms. The minimum atomic E-state index is -0.237. The Morgan fingerprint density at radius 1 is 0.452 bits per heavy atom. The van der Waals surface area contributed by atoms with E-state index >= 15 is 0 Å². The van der Waals surface area contributed by atoms with Gasteiger partial charge in [0.05, 0.1) is 84.5 Å². The van der Waals surface area contributed by atoms with Gasteiger partial charge >= 0.3 is 0 Å². The Labute approximate surface area is 485 Å². The zero-order chi connectivity index (χ0) is 57.7. The molecule has 25 heteroatoms. The molecule has 25 nitrogen and oxygen atoms in total. The molecule has 4 aliphatic carbocycles. The van der Waals surface area contributed by atoms with Gasteiger partial charge in [0, 0.05) is 68.3 Å². The molecule has 2 unspecified atom stereocenters. The van der Waals surface area contributed by atoms with Crippen LogP contribution in [0, 0.1) is 0 Å². The van der Waals surface area contributed by atoms with E-state index in [1.165, 1.54) is 22.3 Å². The summed E-state index contributed by atoms with van der Waals surface area (Å²) in [5.41, 5.74) is 37.4. The molecule has 0 radical (unpaired) electrons. The van der Waals surface area contributed by atoms with E-state index in [2.05, 4.69) is 170 Å². The Morgan fingerprint density at radius 2 is 0.774 bits per heavy atom.